The fourth-order valence-corrected chi connectivity index (χ4v) is 3.20. The molecule has 0 aliphatic carbocycles. The summed E-state index contributed by atoms with van der Waals surface area (Å²) >= 11 is 6.33. The zero-order chi connectivity index (χ0) is 19.4. The van der Waals surface area contributed by atoms with Gasteiger partial charge in [-0.25, -0.2) is 9.97 Å². The number of rotatable bonds is 5. The van der Waals surface area contributed by atoms with Crippen LogP contribution in [0.15, 0.2) is 54.7 Å². The van der Waals surface area contributed by atoms with E-state index in [0.717, 1.165) is 22.4 Å². The van der Waals surface area contributed by atoms with Crippen molar-refractivity contribution in [3.05, 3.63) is 82.1 Å². The van der Waals surface area contributed by atoms with E-state index in [1.165, 1.54) is 0 Å². The van der Waals surface area contributed by atoms with Gasteiger partial charge in [0.1, 0.15) is 5.69 Å². The van der Waals surface area contributed by atoms with Gasteiger partial charge in [-0.2, -0.15) is 0 Å². The first-order chi connectivity index (χ1) is 12.9. The Morgan fingerprint density at radius 3 is 2.56 bits per heavy atom. The molecule has 0 radical (unpaired) electrons. The van der Waals surface area contributed by atoms with Crippen molar-refractivity contribution in [1.29, 1.82) is 0 Å². The van der Waals surface area contributed by atoms with Crippen molar-refractivity contribution in [3.63, 3.8) is 0 Å². The Hall–Kier alpha value is -2.92. The van der Waals surface area contributed by atoms with Gasteiger partial charge in [0.2, 0.25) is 5.95 Å². The van der Waals surface area contributed by atoms with Crippen molar-refractivity contribution in [2.24, 2.45) is 0 Å². The molecule has 0 spiro atoms. The molecule has 1 amide bonds. The van der Waals surface area contributed by atoms with Crippen LogP contribution in [0.5, 0.6) is 0 Å². The summed E-state index contributed by atoms with van der Waals surface area (Å²) in [5.74, 6) is 0.0624. The minimum Gasteiger partial charge on any atom is -0.344 e. The van der Waals surface area contributed by atoms with Gasteiger partial charge >= 0.3 is 0 Å². The minimum absolute atomic E-state index is 0.126. The third kappa shape index (κ3) is 4.63. The number of amides is 1. The zero-order valence-electron chi connectivity index (χ0n) is 15.5. The van der Waals surface area contributed by atoms with Gasteiger partial charge in [0, 0.05) is 6.20 Å². The second kappa shape index (κ2) is 8.18. The zero-order valence-corrected chi connectivity index (χ0v) is 16.2. The first kappa shape index (κ1) is 18.9. The third-order valence-electron chi connectivity index (χ3n) is 4.20. The Bertz CT molecular complexity index is 936. The molecule has 0 aliphatic heterocycles. The van der Waals surface area contributed by atoms with Crippen LogP contribution in [0.1, 0.15) is 40.1 Å². The summed E-state index contributed by atoms with van der Waals surface area (Å²) in [7, 11) is 0. The molecule has 1 atom stereocenters. The van der Waals surface area contributed by atoms with E-state index in [1.54, 1.807) is 12.3 Å². The molecular weight excluding hydrogens is 360 g/mol. The summed E-state index contributed by atoms with van der Waals surface area (Å²) in [6.07, 6.45) is 1.55. The number of aryl methyl sites for hydroxylation is 2. The van der Waals surface area contributed by atoms with Gasteiger partial charge < -0.3 is 10.6 Å². The van der Waals surface area contributed by atoms with Crippen molar-refractivity contribution in [3.8, 4) is 0 Å². The normalized spacial score (nSPS) is 11.7. The molecule has 0 saturated carbocycles. The van der Waals surface area contributed by atoms with Crippen molar-refractivity contribution >= 4 is 29.1 Å². The molecule has 0 fully saturated rings. The Morgan fingerprint density at radius 2 is 1.85 bits per heavy atom. The highest BCUT2D eigenvalue weighted by Gasteiger charge is 2.14. The minimum atomic E-state index is -0.261. The van der Waals surface area contributed by atoms with E-state index in [9.17, 15) is 4.79 Å². The van der Waals surface area contributed by atoms with Gasteiger partial charge in [-0.3, -0.25) is 4.79 Å². The molecule has 138 valence electrons. The van der Waals surface area contributed by atoms with E-state index in [1.807, 2.05) is 63.2 Å². The van der Waals surface area contributed by atoms with E-state index in [2.05, 4.69) is 20.6 Å². The maximum absolute atomic E-state index is 12.6. The maximum Gasteiger partial charge on any atom is 0.270 e. The molecule has 6 heteroatoms. The Labute approximate surface area is 163 Å². The van der Waals surface area contributed by atoms with Crippen molar-refractivity contribution in [2.75, 3.05) is 5.32 Å². The highest BCUT2D eigenvalue weighted by Crippen LogP contribution is 2.29. The molecule has 2 aromatic carbocycles. The summed E-state index contributed by atoms with van der Waals surface area (Å²) < 4.78 is 0. The lowest BCUT2D eigenvalue weighted by atomic mass is 10.1. The predicted octanol–water partition coefficient (Wildman–Crippen LogP) is 4.98. The van der Waals surface area contributed by atoms with Crippen LogP contribution in [-0.2, 0) is 0 Å². The van der Waals surface area contributed by atoms with Crippen molar-refractivity contribution in [2.45, 2.75) is 26.8 Å². The molecule has 2 N–H and O–H groups in total. The van der Waals surface area contributed by atoms with Gasteiger partial charge in [-0.1, -0.05) is 48.0 Å². The summed E-state index contributed by atoms with van der Waals surface area (Å²) in [6, 6.07) is 15.1. The topological polar surface area (TPSA) is 66.9 Å². The van der Waals surface area contributed by atoms with Crippen LogP contribution in [0.3, 0.4) is 0 Å². The summed E-state index contributed by atoms with van der Waals surface area (Å²) in [6.45, 7) is 5.88. The SMILES string of the molecule is Cc1cc(C)c(Nc2nccc(C(=O)NC(C)c3ccccc3)n2)c(Cl)c1. The number of carbonyl (C=O) groups excluding carboxylic acids is 1. The van der Waals surface area contributed by atoms with Gasteiger partial charge in [0.15, 0.2) is 0 Å². The quantitative estimate of drug-likeness (QED) is 0.655. The Kier molecular flexibility index (Phi) is 5.72. The second-order valence-corrected chi connectivity index (χ2v) is 6.84. The molecule has 1 heterocycles. The van der Waals surface area contributed by atoms with Crippen LogP contribution < -0.4 is 10.6 Å². The van der Waals surface area contributed by atoms with Crippen LogP contribution in [0.4, 0.5) is 11.6 Å². The molecule has 27 heavy (non-hydrogen) atoms. The number of halogens is 1. The lowest BCUT2D eigenvalue weighted by Gasteiger charge is -2.15. The van der Waals surface area contributed by atoms with E-state index < -0.39 is 0 Å². The van der Waals surface area contributed by atoms with Crippen LogP contribution in [0, 0.1) is 13.8 Å². The van der Waals surface area contributed by atoms with E-state index >= 15 is 0 Å². The largest absolute Gasteiger partial charge is 0.344 e. The van der Waals surface area contributed by atoms with Gasteiger partial charge in [-0.05, 0) is 49.6 Å². The number of hydrogen-bond donors (Lipinski definition) is 2. The first-order valence-electron chi connectivity index (χ1n) is 8.66. The van der Waals surface area contributed by atoms with Crippen LogP contribution in [-0.4, -0.2) is 15.9 Å². The number of aromatic nitrogens is 2. The van der Waals surface area contributed by atoms with Crippen LogP contribution in [0.2, 0.25) is 5.02 Å². The smallest absolute Gasteiger partial charge is 0.270 e. The summed E-state index contributed by atoms with van der Waals surface area (Å²) in [5.41, 5.74) is 4.11. The Balaban J connectivity index is 1.76. The molecule has 0 bridgehead atoms. The summed E-state index contributed by atoms with van der Waals surface area (Å²) in [5, 5.41) is 6.65. The molecule has 1 aromatic heterocycles. The lowest BCUT2D eigenvalue weighted by molar-refractivity contribution is 0.0935. The number of hydrogen-bond acceptors (Lipinski definition) is 4. The molecular formula is C21H21ClN4O. The number of benzene rings is 2. The van der Waals surface area contributed by atoms with Crippen LogP contribution in [0.25, 0.3) is 0 Å². The fourth-order valence-electron chi connectivity index (χ4n) is 2.83. The van der Waals surface area contributed by atoms with E-state index in [-0.39, 0.29) is 17.6 Å². The number of anilines is 2. The highest BCUT2D eigenvalue weighted by atomic mass is 35.5. The van der Waals surface area contributed by atoms with Gasteiger partial charge in [0.25, 0.3) is 5.91 Å². The average Bonchev–Trinajstić information content (AvgIpc) is 2.65. The summed E-state index contributed by atoms with van der Waals surface area (Å²) in [4.78, 5) is 21.1. The third-order valence-corrected chi connectivity index (χ3v) is 4.50. The standard InChI is InChI=1S/C21H21ClN4O/c1-13-11-14(2)19(17(22)12-13)26-21-23-10-9-18(25-21)20(27)24-15(3)16-7-5-4-6-8-16/h4-12,15H,1-3H3,(H,24,27)(H,23,25,26). The molecule has 3 rings (SSSR count). The number of nitrogens with zero attached hydrogens (tertiary/aromatic N) is 2. The van der Waals surface area contributed by atoms with E-state index in [4.69, 9.17) is 11.6 Å². The monoisotopic (exact) mass is 380 g/mol. The lowest BCUT2D eigenvalue weighted by Crippen LogP contribution is -2.27. The highest BCUT2D eigenvalue weighted by molar-refractivity contribution is 6.33. The van der Waals surface area contributed by atoms with Crippen molar-refractivity contribution in [1.82, 2.24) is 15.3 Å². The van der Waals surface area contributed by atoms with Crippen molar-refractivity contribution < 1.29 is 4.79 Å². The average molecular weight is 381 g/mol. The Morgan fingerprint density at radius 1 is 1.11 bits per heavy atom. The van der Waals surface area contributed by atoms with E-state index in [0.29, 0.717) is 11.0 Å². The molecule has 0 aliphatic rings. The second-order valence-electron chi connectivity index (χ2n) is 6.43. The van der Waals surface area contributed by atoms with Gasteiger partial charge in [0.05, 0.1) is 16.8 Å². The number of carbonyl (C=O) groups is 1. The fraction of sp³-hybridized carbons (Fsp3) is 0.190. The number of nitrogens with one attached hydrogen (secondary N) is 2. The molecule has 5 nitrogen and oxygen atoms in total. The molecule has 0 saturated heterocycles. The molecule has 1 unspecified atom stereocenters. The van der Waals surface area contributed by atoms with Crippen LogP contribution >= 0.6 is 11.6 Å². The maximum atomic E-state index is 12.6. The predicted molar refractivity (Wildman–Crippen MR) is 109 cm³/mol. The molecule has 3 aromatic rings. The van der Waals surface area contributed by atoms with Gasteiger partial charge in [-0.15, -0.1) is 0 Å². The first-order valence-corrected chi connectivity index (χ1v) is 9.04.